The number of rotatable bonds is 1. The Morgan fingerprint density at radius 2 is 1.37 bits per heavy atom. The molecule has 30 heavy (non-hydrogen) atoms. The van der Waals surface area contributed by atoms with Crippen LogP contribution < -0.4 is 5.30 Å². The van der Waals surface area contributed by atoms with Crippen LogP contribution in [0, 0.1) is 0 Å². The summed E-state index contributed by atoms with van der Waals surface area (Å²) in [4.78, 5) is 0. The van der Waals surface area contributed by atoms with Gasteiger partial charge in [0.1, 0.15) is 0 Å². The summed E-state index contributed by atoms with van der Waals surface area (Å²) in [5, 5.41) is 0.483. The second-order valence-electron chi connectivity index (χ2n) is 7.90. The first-order chi connectivity index (χ1) is 14.5. The maximum Gasteiger partial charge on any atom is 0.281 e. The molecule has 4 heteroatoms. The number of halogens is 2. The maximum atomic E-state index is 12.6. The van der Waals surface area contributed by atoms with E-state index in [1.807, 2.05) is 12.1 Å². The number of hydrogen-bond acceptors (Lipinski definition) is 1. The summed E-state index contributed by atoms with van der Waals surface area (Å²) in [5.41, 5.74) is 9.18. The molecule has 3 aromatic carbocycles. The summed E-state index contributed by atoms with van der Waals surface area (Å²) >= 11 is 12.2. The number of allylic oxidation sites excluding steroid dienone is 6. The van der Waals surface area contributed by atoms with Gasteiger partial charge < -0.3 is 0 Å². The second-order valence-corrected chi connectivity index (χ2v) is 12.7. The van der Waals surface area contributed by atoms with Gasteiger partial charge in [0.2, 0.25) is 0 Å². The molecule has 0 N–H and O–H groups in total. The zero-order chi connectivity index (χ0) is 20.5. The van der Waals surface area contributed by atoms with Crippen molar-refractivity contribution < 1.29 is 4.57 Å². The van der Waals surface area contributed by atoms with Crippen molar-refractivity contribution in [3.8, 4) is 11.1 Å². The average Bonchev–Trinajstić information content (AvgIpc) is 3.04. The molecule has 146 valence electrons. The molecule has 3 aliphatic rings. The van der Waals surface area contributed by atoms with Gasteiger partial charge in [0, 0.05) is 5.30 Å². The van der Waals surface area contributed by atoms with Crippen molar-refractivity contribution >= 4 is 39.2 Å². The molecule has 0 unspecified atom stereocenters. The predicted molar refractivity (Wildman–Crippen MR) is 127 cm³/mol. The van der Waals surface area contributed by atoms with E-state index in [1.165, 1.54) is 33.4 Å². The van der Waals surface area contributed by atoms with Gasteiger partial charge in [-0.1, -0.05) is 78.9 Å². The Hall–Kier alpha value is -2.31. The van der Waals surface area contributed by atoms with E-state index in [-0.39, 0.29) is 0 Å². The molecule has 0 saturated carbocycles. The van der Waals surface area contributed by atoms with Crippen LogP contribution in [0.3, 0.4) is 0 Å². The van der Waals surface area contributed by atoms with Crippen LogP contribution in [0.4, 0.5) is 0 Å². The fourth-order valence-electron chi connectivity index (χ4n) is 5.39. The van der Waals surface area contributed by atoms with Crippen LogP contribution in [-0.2, 0) is 9.98 Å². The predicted octanol–water partition coefficient (Wildman–Crippen LogP) is 7.58. The first-order valence-electron chi connectivity index (χ1n) is 9.95. The molecule has 0 aliphatic heterocycles. The highest BCUT2D eigenvalue weighted by molar-refractivity contribution is 8.13. The minimum absolute atomic E-state index is 0.470. The zero-order valence-electron chi connectivity index (χ0n) is 16.0. The molecule has 3 aromatic rings. The molecule has 0 heterocycles. The van der Waals surface area contributed by atoms with Crippen molar-refractivity contribution in [2.75, 3.05) is 0 Å². The Bertz CT molecular complexity index is 1330. The molecule has 0 atom stereocenters. The normalized spacial score (nSPS) is 17.5. The largest absolute Gasteiger partial charge is 0.284 e. The monoisotopic (exact) mass is 446 g/mol. The Labute approximate surface area is 185 Å². The van der Waals surface area contributed by atoms with Gasteiger partial charge >= 0.3 is 0 Å². The molecule has 0 aromatic heterocycles. The first-order valence-corrected chi connectivity index (χ1v) is 13.5. The van der Waals surface area contributed by atoms with Gasteiger partial charge in [-0.05, 0) is 85.6 Å². The fourth-order valence-corrected chi connectivity index (χ4v) is 6.55. The van der Waals surface area contributed by atoms with Crippen LogP contribution in [0.1, 0.15) is 28.7 Å². The van der Waals surface area contributed by atoms with Crippen molar-refractivity contribution in [2.24, 2.45) is 0 Å². The van der Waals surface area contributed by atoms with E-state index in [0.29, 0.717) is 5.30 Å². The molecule has 0 fully saturated rings. The lowest BCUT2D eigenvalue weighted by molar-refractivity contribution is 0.597. The van der Waals surface area contributed by atoms with E-state index in [9.17, 15) is 4.57 Å². The van der Waals surface area contributed by atoms with Crippen molar-refractivity contribution in [1.29, 1.82) is 0 Å². The van der Waals surface area contributed by atoms with Crippen LogP contribution >= 0.6 is 28.3 Å². The molecule has 0 bridgehead atoms. The van der Waals surface area contributed by atoms with E-state index >= 15 is 0 Å². The molecule has 3 aliphatic carbocycles. The SMILES string of the molecule is O=P(Cl)(Cl)c1ccc2c(c1)C1(C3=C2C=CCC=C3)c2ccccc2-c2ccccc21. The van der Waals surface area contributed by atoms with Crippen LogP contribution in [0.15, 0.2) is 96.6 Å². The Morgan fingerprint density at radius 3 is 2.03 bits per heavy atom. The zero-order valence-corrected chi connectivity index (χ0v) is 18.4. The lowest BCUT2D eigenvalue weighted by Crippen LogP contribution is -2.27. The average molecular weight is 447 g/mol. The summed E-state index contributed by atoms with van der Waals surface area (Å²) in [7, 11) is 0. The van der Waals surface area contributed by atoms with E-state index in [0.717, 1.165) is 17.5 Å². The third-order valence-electron chi connectivity index (χ3n) is 6.49. The standard InChI is InChI=1S/C26H17Cl2OP/c27-30(28,29)17-14-15-21-20-8-2-1-3-11-22(20)26(25(21)16-17)23-12-6-4-9-18(23)19-10-5-7-13-24(19)26/h2-16H,1H2. The van der Waals surface area contributed by atoms with Gasteiger partial charge in [-0.25, -0.2) is 0 Å². The van der Waals surface area contributed by atoms with Gasteiger partial charge in [-0.2, -0.15) is 0 Å². The Balaban J connectivity index is 1.82. The molecule has 0 amide bonds. The number of fused-ring (bicyclic) bond motifs is 9. The third-order valence-corrected chi connectivity index (χ3v) is 8.54. The van der Waals surface area contributed by atoms with Crippen molar-refractivity contribution in [3.05, 3.63) is 119 Å². The van der Waals surface area contributed by atoms with E-state index < -0.39 is 11.3 Å². The number of hydrogen-bond donors (Lipinski definition) is 0. The lowest BCUT2D eigenvalue weighted by Gasteiger charge is -2.31. The fraction of sp³-hybridized carbons (Fsp3) is 0.0769. The van der Waals surface area contributed by atoms with Gasteiger partial charge in [-0.15, -0.1) is 0 Å². The summed E-state index contributed by atoms with van der Waals surface area (Å²) < 4.78 is 12.6. The minimum Gasteiger partial charge on any atom is -0.284 e. The molecule has 1 nitrogen and oxygen atoms in total. The molecule has 1 spiro atoms. The van der Waals surface area contributed by atoms with Gasteiger partial charge in [0.25, 0.3) is 5.85 Å². The summed E-state index contributed by atoms with van der Waals surface area (Å²) in [6.07, 6.45) is 9.78. The topological polar surface area (TPSA) is 17.1 Å². The summed E-state index contributed by atoms with van der Waals surface area (Å²) in [6.45, 7) is 0. The van der Waals surface area contributed by atoms with Crippen LogP contribution in [0.5, 0.6) is 0 Å². The quantitative estimate of drug-likeness (QED) is 0.352. The van der Waals surface area contributed by atoms with Gasteiger partial charge in [-0.3, -0.25) is 4.57 Å². The minimum atomic E-state index is -3.44. The molecule has 0 saturated heterocycles. The third kappa shape index (κ3) is 2.29. The molecular formula is C26H17Cl2OP. The van der Waals surface area contributed by atoms with Crippen LogP contribution in [-0.4, -0.2) is 0 Å². The van der Waals surface area contributed by atoms with Crippen molar-refractivity contribution in [2.45, 2.75) is 11.8 Å². The number of benzene rings is 3. The summed E-state index contributed by atoms with van der Waals surface area (Å²) in [6, 6.07) is 23.0. The maximum absolute atomic E-state index is 12.6. The van der Waals surface area contributed by atoms with Crippen molar-refractivity contribution in [1.82, 2.24) is 0 Å². The Morgan fingerprint density at radius 1 is 0.733 bits per heavy atom. The summed E-state index contributed by atoms with van der Waals surface area (Å²) in [5.74, 6) is -3.44. The highest BCUT2D eigenvalue weighted by atomic mass is 35.9. The van der Waals surface area contributed by atoms with Crippen molar-refractivity contribution in [3.63, 3.8) is 0 Å². The van der Waals surface area contributed by atoms with Crippen LogP contribution in [0.25, 0.3) is 16.7 Å². The highest BCUT2D eigenvalue weighted by Gasteiger charge is 2.52. The van der Waals surface area contributed by atoms with Gasteiger partial charge in [0.15, 0.2) is 0 Å². The lowest BCUT2D eigenvalue weighted by atomic mass is 9.69. The van der Waals surface area contributed by atoms with E-state index in [1.54, 1.807) is 6.07 Å². The smallest absolute Gasteiger partial charge is 0.281 e. The molecule has 0 radical (unpaired) electrons. The second kappa shape index (κ2) is 6.34. The molecular weight excluding hydrogens is 430 g/mol. The molecule has 6 rings (SSSR count). The van der Waals surface area contributed by atoms with E-state index in [4.69, 9.17) is 22.5 Å². The van der Waals surface area contributed by atoms with E-state index in [2.05, 4.69) is 72.8 Å². The first kappa shape index (κ1) is 18.5. The highest BCUT2D eigenvalue weighted by Crippen LogP contribution is 2.63. The van der Waals surface area contributed by atoms with Crippen LogP contribution in [0.2, 0.25) is 0 Å². The van der Waals surface area contributed by atoms with Gasteiger partial charge in [0.05, 0.1) is 5.41 Å². The Kier molecular flexibility index (Phi) is 3.90.